The van der Waals surface area contributed by atoms with Gasteiger partial charge in [-0.05, 0) is 40.2 Å². The van der Waals surface area contributed by atoms with Gasteiger partial charge in [-0.3, -0.25) is 9.59 Å². The van der Waals surface area contributed by atoms with E-state index in [-0.39, 0.29) is 41.4 Å². The topological polar surface area (TPSA) is 83.6 Å². The number of furan rings is 1. The van der Waals surface area contributed by atoms with Crippen molar-refractivity contribution in [3.63, 3.8) is 0 Å². The van der Waals surface area contributed by atoms with Crippen LogP contribution < -0.4 is 5.32 Å². The van der Waals surface area contributed by atoms with Crippen molar-refractivity contribution in [3.05, 3.63) is 70.2 Å². The standard InChI is InChI=1S/C23H21BrF3N5O3/c24-18-19(22(34)31-10-8-30(9-11-31)21(33)14-5-2-1-3-6-14)29-32-17(23(25,26)27)13-15(28-20(18)32)16-7-4-12-35-16/h1-7,12,15,17,28H,8-11,13H2. The van der Waals surface area contributed by atoms with E-state index in [2.05, 4.69) is 26.3 Å². The maximum absolute atomic E-state index is 13.9. The average Bonchev–Trinajstić information content (AvgIpc) is 3.51. The van der Waals surface area contributed by atoms with Gasteiger partial charge in [-0.1, -0.05) is 18.2 Å². The number of rotatable bonds is 3. The summed E-state index contributed by atoms with van der Waals surface area (Å²) in [5.74, 6) is -0.188. The minimum Gasteiger partial charge on any atom is -0.467 e. The highest BCUT2D eigenvalue weighted by Gasteiger charge is 2.48. The van der Waals surface area contributed by atoms with Gasteiger partial charge in [-0.2, -0.15) is 18.3 Å². The van der Waals surface area contributed by atoms with E-state index in [9.17, 15) is 22.8 Å². The Hall–Kier alpha value is -3.28. The first-order valence-electron chi connectivity index (χ1n) is 11.0. The average molecular weight is 552 g/mol. The second kappa shape index (κ2) is 9.06. The molecule has 1 saturated heterocycles. The molecule has 4 heterocycles. The Morgan fingerprint density at radius 2 is 1.66 bits per heavy atom. The van der Waals surface area contributed by atoms with Gasteiger partial charge < -0.3 is 19.5 Å². The van der Waals surface area contributed by atoms with Gasteiger partial charge in [-0.15, -0.1) is 0 Å². The minimum absolute atomic E-state index is 0.0706. The lowest BCUT2D eigenvalue weighted by molar-refractivity contribution is -0.174. The first-order valence-corrected chi connectivity index (χ1v) is 11.8. The van der Waals surface area contributed by atoms with E-state index in [0.717, 1.165) is 4.68 Å². The van der Waals surface area contributed by atoms with Crippen molar-refractivity contribution in [1.29, 1.82) is 0 Å². The molecule has 184 valence electrons. The summed E-state index contributed by atoms with van der Waals surface area (Å²) in [5.41, 5.74) is 0.455. The third kappa shape index (κ3) is 4.42. The van der Waals surface area contributed by atoms with E-state index in [1.54, 1.807) is 41.3 Å². The largest absolute Gasteiger partial charge is 0.467 e. The number of halogens is 4. The number of anilines is 1. The molecule has 0 bridgehead atoms. The highest BCUT2D eigenvalue weighted by molar-refractivity contribution is 9.10. The number of carbonyl (C=O) groups excluding carboxylic acids is 2. The lowest BCUT2D eigenvalue weighted by Gasteiger charge is -2.34. The Labute approximate surface area is 206 Å². The molecule has 2 aromatic heterocycles. The van der Waals surface area contributed by atoms with E-state index >= 15 is 0 Å². The lowest BCUT2D eigenvalue weighted by atomic mass is 10.0. The van der Waals surface area contributed by atoms with Crippen molar-refractivity contribution >= 4 is 33.6 Å². The summed E-state index contributed by atoms with van der Waals surface area (Å²) in [4.78, 5) is 29.1. The van der Waals surface area contributed by atoms with Crippen LogP contribution in [0.1, 0.15) is 45.1 Å². The Balaban J connectivity index is 1.35. The summed E-state index contributed by atoms with van der Waals surface area (Å²) >= 11 is 3.30. The maximum Gasteiger partial charge on any atom is 0.410 e. The van der Waals surface area contributed by atoms with Gasteiger partial charge in [0.05, 0.1) is 16.8 Å². The van der Waals surface area contributed by atoms with Crippen LogP contribution in [0.15, 0.2) is 57.6 Å². The molecule has 8 nitrogen and oxygen atoms in total. The molecule has 1 N–H and O–H groups in total. The van der Waals surface area contributed by atoms with Gasteiger partial charge in [0.15, 0.2) is 11.7 Å². The summed E-state index contributed by atoms with van der Waals surface area (Å²) in [6.45, 7) is 1.12. The molecular formula is C23H21BrF3N5O3. The van der Waals surface area contributed by atoms with Crippen molar-refractivity contribution in [3.8, 4) is 0 Å². The molecule has 2 aliphatic heterocycles. The number of amides is 2. The number of benzene rings is 1. The van der Waals surface area contributed by atoms with Crippen molar-refractivity contribution in [2.24, 2.45) is 0 Å². The molecule has 12 heteroatoms. The zero-order valence-corrected chi connectivity index (χ0v) is 19.9. The van der Waals surface area contributed by atoms with Crippen molar-refractivity contribution < 1.29 is 27.2 Å². The van der Waals surface area contributed by atoms with Crippen LogP contribution in [0, 0.1) is 0 Å². The highest BCUT2D eigenvalue weighted by Crippen LogP contribution is 2.46. The number of carbonyl (C=O) groups is 2. The molecule has 2 unspecified atom stereocenters. The van der Waals surface area contributed by atoms with Crippen LogP contribution in [0.3, 0.4) is 0 Å². The van der Waals surface area contributed by atoms with E-state index in [4.69, 9.17) is 4.42 Å². The quantitative estimate of drug-likeness (QED) is 0.518. The van der Waals surface area contributed by atoms with E-state index in [0.29, 0.717) is 24.4 Å². The molecule has 2 atom stereocenters. The van der Waals surface area contributed by atoms with Crippen molar-refractivity contribution in [1.82, 2.24) is 19.6 Å². The second-order valence-electron chi connectivity index (χ2n) is 8.41. The van der Waals surface area contributed by atoms with Gasteiger partial charge in [0.25, 0.3) is 11.8 Å². The fourth-order valence-electron chi connectivity index (χ4n) is 4.43. The third-order valence-electron chi connectivity index (χ3n) is 6.26. The van der Waals surface area contributed by atoms with Crippen LogP contribution in [0.5, 0.6) is 0 Å². The molecule has 2 amide bonds. The number of aromatic nitrogens is 2. The predicted octanol–water partition coefficient (Wildman–Crippen LogP) is 4.50. The number of fused-ring (bicyclic) bond motifs is 1. The number of nitrogens with one attached hydrogen (secondary N) is 1. The first kappa shape index (κ1) is 23.5. The third-order valence-corrected chi connectivity index (χ3v) is 7.01. The predicted molar refractivity (Wildman–Crippen MR) is 123 cm³/mol. The molecule has 35 heavy (non-hydrogen) atoms. The van der Waals surface area contributed by atoms with Gasteiger partial charge in [0.2, 0.25) is 0 Å². The minimum atomic E-state index is -4.57. The van der Waals surface area contributed by atoms with Gasteiger partial charge in [0.1, 0.15) is 11.6 Å². The number of nitrogens with zero attached hydrogens (tertiary/aromatic N) is 4. The highest BCUT2D eigenvalue weighted by atomic mass is 79.9. The Morgan fingerprint density at radius 1 is 1.00 bits per heavy atom. The van der Waals surface area contributed by atoms with Gasteiger partial charge in [-0.25, -0.2) is 4.68 Å². The van der Waals surface area contributed by atoms with Crippen LogP contribution in [0.4, 0.5) is 19.0 Å². The molecule has 2 aliphatic rings. The fourth-order valence-corrected chi connectivity index (χ4v) is 4.97. The van der Waals surface area contributed by atoms with Crippen LogP contribution in [0.25, 0.3) is 0 Å². The molecule has 0 aliphatic carbocycles. The van der Waals surface area contributed by atoms with Crippen molar-refractivity contribution in [2.75, 3.05) is 31.5 Å². The zero-order chi connectivity index (χ0) is 24.7. The Morgan fingerprint density at radius 3 is 2.26 bits per heavy atom. The molecule has 0 spiro atoms. The second-order valence-corrected chi connectivity index (χ2v) is 9.20. The van der Waals surface area contributed by atoms with Crippen LogP contribution in [-0.2, 0) is 0 Å². The lowest BCUT2D eigenvalue weighted by Crippen LogP contribution is -2.50. The summed E-state index contributed by atoms with van der Waals surface area (Å²) in [5, 5.41) is 7.10. The molecule has 1 aromatic carbocycles. The van der Waals surface area contributed by atoms with Gasteiger partial charge >= 0.3 is 6.18 Å². The van der Waals surface area contributed by atoms with E-state index in [1.165, 1.54) is 11.2 Å². The Bertz CT molecular complexity index is 1220. The fraction of sp³-hybridized carbons (Fsp3) is 0.348. The molecule has 5 rings (SSSR count). The molecular weight excluding hydrogens is 531 g/mol. The smallest absolute Gasteiger partial charge is 0.410 e. The SMILES string of the molecule is O=C(c1ccccc1)N1CCN(C(=O)c2nn3c(c2Br)NC(c2ccco2)CC3C(F)(F)F)CC1. The number of alkyl halides is 3. The molecule has 3 aromatic rings. The van der Waals surface area contributed by atoms with Crippen molar-refractivity contribution in [2.45, 2.75) is 24.7 Å². The molecule has 0 radical (unpaired) electrons. The van der Waals surface area contributed by atoms with Gasteiger partial charge in [0, 0.05) is 38.2 Å². The molecule has 1 fully saturated rings. The summed E-state index contributed by atoms with van der Waals surface area (Å²) in [6, 6.07) is 9.40. The van der Waals surface area contributed by atoms with Crippen LogP contribution >= 0.6 is 15.9 Å². The van der Waals surface area contributed by atoms with E-state index in [1.807, 2.05) is 6.07 Å². The Kier molecular flexibility index (Phi) is 6.07. The summed E-state index contributed by atoms with van der Waals surface area (Å²) in [7, 11) is 0. The van der Waals surface area contributed by atoms with Crippen LogP contribution in [0.2, 0.25) is 0 Å². The first-order chi connectivity index (χ1) is 16.7. The number of hydrogen-bond donors (Lipinski definition) is 1. The number of piperazine rings is 1. The zero-order valence-electron chi connectivity index (χ0n) is 18.3. The maximum atomic E-state index is 13.9. The van der Waals surface area contributed by atoms with E-state index < -0.39 is 24.2 Å². The summed E-state index contributed by atoms with van der Waals surface area (Å²) in [6.07, 6.45) is -3.50. The van der Waals surface area contributed by atoms with Crippen LogP contribution in [-0.4, -0.2) is 63.7 Å². The normalized spacial score (nSPS) is 20.3. The summed E-state index contributed by atoms with van der Waals surface area (Å²) < 4.78 is 48.1. The molecule has 0 saturated carbocycles. The monoisotopic (exact) mass is 551 g/mol. The number of hydrogen-bond acceptors (Lipinski definition) is 5.